The Morgan fingerprint density at radius 3 is 2.40 bits per heavy atom. The van der Waals surface area contributed by atoms with Crippen molar-refractivity contribution < 1.29 is 23.9 Å². The van der Waals surface area contributed by atoms with Crippen molar-refractivity contribution in [1.82, 2.24) is 40.4 Å². The van der Waals surface area contributed by atoms with Gasteiger partial charge in [-0.3, -0.25) is 28.7 Å². The minimum Gasteiger partial charge on any atom is -0.391 e. The van der Waals surface area contributed by atoms with E-state index in [4.69, 9.17) is 15.1 Å². The number of aryl methyl sites for hydroxylation is 1. The summed E-state index contributed by atoms with van der Waals surface area (Å²) in [7, 11) is 1.81. The number of nitrogens with one attached hydrogen (secondary N) is 3. The molecule has 0 radical (unpaired) electrons. The number of aromatic nitrogens is 3. The number of carbonyl (C=O) groups excluding carboxylic acids is 3. The fourth-order valence-electron chi connectivity index (χ4n) is 13.9. The van der Waals surface area contributed by atoms with Gasteiger partial charge in [0.15, 0.2) is 5.67 Å². The molecule has 3 saturated carbocycles. The van der Waals surface area contributed by atoms with E-state index in [9.17, 15) is 28.7 Å². The number of hydrogen-bond donors (Lipinski definition) is 4. The molecule has 3 aliphatic carbocycles. The zero-order chi connectivity index (χ0) is 56.8. The van der Waals surface area contributed by atoms with E-state index in [1.165, 1.54) is 28.1 Å². The van der Waals surface area contributed by atoms with Crippen molar-refractivity contribution in [1.29, 1.82) is 0 Å². The Labute approximate surface area is 487 Å². The molecule has 0 bridgehead atoms. The van der Waals surface area contributed by atoms with Gasteiger partial charge in [-0.05, 0) is 158 Å². The van der Waals surface area contributed by atoms with Crippen molar-refractivity contribution in [2.45, 2.75) is 153 Å². The van der Waals surface area contributed by atoms with Gasteiger partial charge in [0, 0.05) is 49.7 Å². The Morgan fingerprint density at radius 2 is 1.72 bits per heavy atom. The van der Waals surface area contributed by atoms with Crippen molar-refractivity contribution in [3.05, 3.63) is 109 Å². The summed E-state index contributed by atoms with van der Waals surface area (Å²) in [5.41, 5.74) is 10.5. The largest absolute Gasteiger partial charge is 0.391 e. The third-order valence-corrected chi connectivity index (χ3v) is 20.4. The second-order valence-corrected chi connectivity index (χ2v) is 26.8. The first kappa shape index (κ1) is 57.1. The number of aliphatic imine (C=N–C) groups is 1. The van der Waals surface area contributed by atoms with Crippen LogP contribution in [0.2, 0.25) is 0 Å². The number of β-amino-alcohol motifs (C(OH)–C–C–N with tert-alkyl or cyclic N) is 1. The molecule has 11 rings (SSSR count). The van der Waals surface area contributed by atoms with Crippen LogP contribution in [0.25, 0.3) is 27.0 Å². The monoisotopic (exact) mass is 1180 g/mol. The highest BCUT2D eigenvalue weighted by Gasteiger charge is 2.52. The van der Waals surface area contributed by atoms with Gasteiger partial charge in [0.25, 0.3) is 11.5 Å². The lowest BCUT2D eigenvalue weighted by atomic mass is 9.69. The smallest absolute Gasteiger partial charge is 0.281 e. The Hall–Kier alpha value is -5.69. The maximum Gasteiger partial charge on any atom is 0.281 e. The number of nitrogens with zero attached hydrogens (tertiary/aromatic N) is 7. The molecule has 18 heteroatoms. The van der Waals surface area contributed by atoms with Crippen molar-refractivity contribution in [2.75, 3.05) is 46.3 Å². The van der Waals surface area contributed by atoms with Crippen LogP contribution in [0.15, 0.2) is 85.5 Å². The summed E-state index contributed by atoms with van der Waals surface area (Å²) < 4.78 is 17.7. The maximum atomic E-state index is 14.6. The SMILES string of the molecule is CN/N=C(\C=NC[C@H](NC(=O)[C@@H]1C[C@@H](O)CN1C(=O)[C@@H](CNC(=O)C1(F)CC1)C(C)(C)C)c1ccc(-c2scnc2C)cc1)C1CCC(CN2CCC(c3ccc4c(c3)C3(CCCCC3)c3nc(=O)c5c(Br)cccc5n3-4)CC2)CC1. The molecule has 2 aromatic heterocycles. The molecule has 81 heavy (non-hydrogen) atoms. The number of hydrazone groups is 1. The van der Waals surface area contributed by atoms with Crippen LogP contribution in [-0.2, 0) is 19.8 Å². The first-order chi connectivity index (χ1) is 38.9. The standard InChI is InChI=1S/C63H78BrFN10O5S/c1-38-55(81-37-69-38)43-18-16-41(17-19-43)49(70-56(77)53-31-45(76)36-74(53)58(79)47(61(2,3)4)32-68-60(80)63(65)26-27-63)33-67-34-50(72-66-5)42-14-12-39(13-15-42)35-73-28-22-40(23-29-73)44-20-21-51-46(30-44)62(24-7-6-8-25-62)59-71-57(78)54-48(64)10-9-11-52(54)75(51)59/h9-11,16-21,30,34,37,39-40,42,45,47,49,53,66,76H,6-8,12-15,22-29,31-33,35-36H2,1-5H3,(H,68,80)(H,70,77)/b67-34?,72-50+/t39?,42?,45-,47-,49+,53+/m1/s1. The quantitative estimate of drug-likeness (QED) is 0.0551. The molecular formula is C63H78BrFN10O5S. The predicted molar refractivity (Wildman–Crippen MR) is 321 cm³/mol. The molecule has 3 aliphatic heterocycles. The zero-order valence-electron chi connectivity index (χ0n) is 47.5. The molecule has 2 saturated heterocycles. The summed E-state index contributed by atoms with van der Waals surface area (Å²) in [5.74, 6) is -0.0272. The van der Waals surface area contributed by atoms with E-state index < -0.39 is 47.0 Å². The number of aliphatic hydroxyl groups excluding tert-OH is 1. The number of thiazole rings is 1. The van der Waals surface area contributed by atoms with E-state index in [1.54, 1.807) is 18.4 Å². The van der Waals surface area contributed by atoms with E-state index in [1.807, 2.05) is 75.8 Å². The van der Waals surface area contributed by atoms with E-state index in [-0.39, 0.29) is 61.7 Å². The number of hydrogen-bond acceptors (Lipinski definition) is 12. The molecule has 4 N–H and O–H groups in total. The van der Waals surface area contributed by atoms with Crippen molar-refractivity contribution in [2.24, 2.45) is 33.3 Å². The highest BCUT2D eigenvalue weighted by molar-refractivity contribution is 9.10. The van der Waals surface area contributed by atoms with Gasteiger partial charge in [-0.15, -0.1) is 11.3 Å². The average Bonchev–Trinajstić information content (AvgIpc) is 3.15. The van der Waals surface area contributed by atoms with Gasteiger partial charge in [0.05, 0.1) is 68.4 Å². The summed E-state index contributed by atoms with van der Waals surface area (Å²) >= 11 is 5.22. The lowest BCUT2D eigenvalue weighted by Gasteiger charge is -2.37. The summed E-state index contributed by atoms with van der Waals surface area (Å²) in [5, 5.41) is 22.2. The minimum atomic E-state index is -1.88. The van der Waals surface area contributed by atoms with Gasteiger partial charge in [0.1, 0.15) is 11.9 Å². The summed E-state index contributed by atoms with van der Waals surface area (Å²) in [6.07, 6.45) is 13.3. The zero-order valence-corrected chi connectivity index (χ0v) is 49.9. The van der Waals surface area contributed by atoms with Gasteiger partial charge in [-0.25, -0.2) is 9.37 Å². The van der Waals surface area contributed by atoms with Crippen molar-refractivity contribution in [3.63, 3.8) is 0 Å². The molecule has 5 aromatic rings. The second kappa shape index (κ2) is 23.5. The van der Waals surface area contributed by atoms with Crippen LogP contribution >= 0.6 is 27.3 Å². The average molecular weight is 1190 g/mol. The van der Waals surface area contributed by atoms with Crippen molar-refractivity contribution in [3.8, 4) is 16.1 Å². The topological polar surface area (TPSA) is 187 Å². The van der Waals surface area contributed by atoms with Gasteiger partial charge < -0.3 is 31.0 Å². The number of carbonyl (C=O) groups is 3. The number of benzene rings is 3. The van der Waals surface area contributed by atoms with E-state index in [2.05, 4.69) is 70.7 Å². The number of rotatable bonds is 16. The molecule has 6 aliphatic rings. The molecule has 0 unspecified atom stereocenters. The van der Waals surface area contributed by atoms with E-state index in [0.29, 0.717) is 17.2 Å². The molecule has 15 nitrogen and oxygen atoms in total. The number of halogens is 2. The molecular weight excluding hydrogens is 1110 g/mol. The molecule has 4 atom stereocenters. The first-order valence-corrected chi connectivity index (χ1v) is 31.2. The van der Waals surface area contributed by atoms with Gasteiger partial charge >= 0.3 is 0 Å². The third-order valence-electron chi connectivity index (χ3n) is 18.8. The van der Waals surface area contributed by atoms with E-state index in [0.717, 1.165) is 127 Å². The lowest BCUT2D eigenvalue weighted by Crippen LogP contribution is -2.53. The number of aliphatic hydroxyl groups is 1. The van der Waals surface area contributed by atoms with Crippen LogP contribution in [0.4, 0.5) is 4.39 Å². The molecule has 3 aromatic carbocycles. The van der Waals surface area contributed by atoms with Crippen LogP contribution in [0.3, 0.4) is 0 Å². The highest BCUT2D eigenvalue weighted by atomic mass is 79.9. The first-order valence-electron chi connectivity index (χ1n) is 29.5. The van der Waals surface area contributed by atoms with Gasteiger partial charge in [-0.1, -0.05) is 82.5 Å². The summed E-state index contributed by atoms with van der Waals surface area (Å²) in [6, 6.07) is 19.7. The maximum absolute atomic E-state index is 14.6. The summed E-state index contributed by atoms with van der Waals surface area (Å²) in [4.78, 5) is 74.5. The molecule has 3 amide bonds. The highest BCUT2D eigenvalue weighted by Crippen LogP contribution is 2.52. The Kier molecular flexibility index (Phi) is 16.6. The molecule has 1 spiro atoms. The fraction of sp³-hybridized carbons (Fsp3) is 0.556. The number of likely N-dealkylation sites (tertiary alicyclic amines) is 2. The summed E-state index contributed by atoms with van der Waals surface area (Å²) in [6.45, 7) is 10.9. The number of amides is 3. The van der Waals surface area contributed by atoms with Crippen LogP contribution < -0.4 is 21.6 Å². The molecule has 430 valence electrons. The Bertz CT molecular complexity index is 3270. The predicted octanol–water partition coefficient (Wildman–Crippen LogP) is 9.88. The number of fused-ring (bicyclic) bond motifs is 7. The Morgan fingerprint density at radius 1 is 0.975 bits per heavy atom. The van der Waals surface area contributed by atoms with Crippen LogP contribution in [0, 0.1) is 30.1 Å². The van der Waals surface area contributed by atoms with Gasteiger partial charge in [0.2, 0.25) is 11.8 Å². The third kappa shape index (κ3) is 11.7. The second-order valence-electron chi connectivity index (χ2n) is 25.1. The van der Waals surface area contributed by atoms with Gasteiger partial charge in [-0.2, -0.15) is 10.1 Å². The van der Waals surface area contributed by atoms with Crippen molar-refractivity contribution >= 4 is 67.8 Å². The molecule has 5 heterocycles. The normalized spacial score (nSPS) is 23.6. The van der Waals surface area contributed by atoms with Crippen LogP contribution in [-0.4, -0.2) is 123 Å². The van der Waals surface area contributed by atoms with Crippen LogP contribution in [0.5, 0.6) is 0 Å². The number of piperidine rings is 1. The molecule has 5 fully saturated rings. The van der Waals surface area contributed by atoms with E-state index >= 15 is 0 Å². The number of alkyl halides is 1. The van der Waals surface area contributed by atoms with Crippen LogP contribution in [0.1, 0.15) is 151 Å². The Balaban J connectivity index is 0.725. The fourth-order valence-corrected chi connectivity index (χ4v) is 15.3. The lowest BCUT2D eigenvalue weighted by molar-refractivity contribution is -0.145. The minimum absolute atomic E-state index is 0.0328.